The van der Waals surface area contributed by atoms with E-state index in [2.05, 4.69) is 16.5 Å². The second kappa shape index (κ2) is 5.41. The minimum absolute atomic E-state index is 0.135. The Balaban J connectivity index is 2.54. The van der Waals surface area contributed by atoms with E-state index in [4.69, 9.17) is 4.52 Å². The lowest BCUT2D eigenvalue weighted by molar-refractivity contribution is -0.532. The number of aryl methyl sites for hydroxylation is 1. The van der Waals surface area contributed by atoms with E-state index in [1.165, 1.54) is 24.3 Å². The third kappa shape index (κ3) is 2.23. The Labute approximate surface area is 127 Å². The van der Waals surface area contributed by atoms with Gasteiger partial charge in [-0.2, -0.15) is 8.42 Å². The zero-order valence-electron chi connectivity index (χ0n) is 12.0. The molecule has 0 bridgehead atoms. The molecule has 2 rings (SSSR count). The molecular weight excluding hydrogens is 310 g/mol. The summed E-state index contributed by atoms with van der Waals surface area (Å²) < 4.78 is 32.4. The molecule has 2 atom stereocenters. The van der Waals surface area contributed by atoms with Gasteiger partial charge in [-0.25, -0.2) is 4.72 Å². The molecule has 1 N–H and O–H groups in total. The van der Waals surface area contributed by atoms with Crippen molar-refractivity contribution in [3.8, 4) is 0 Å². The van der Waals surface area contributed by atoms with Crippen LogP contribution in [0.2, 0.25) is 0 Å². The van der Waals surface area contributed by atoms with Crippen molar-refractivity contribution >= 4 is 15.9 Å². The number of nitro groups is 1. The van der Waals surface area contributed by atoms with Crippen LogP contribution in [0.5, 0.6) is 0 Å². The molecule has 0 fully saturated rings. The van der Waals surface area contributed by atoms with Gasteiger partial charge in [0, 0.05) is 16.6 Å². The van der Waals surface area contributed by atoms with Crippen LogP contribution in [0.3, 0.4) is 0 Å². The fourth-order valence-electron chi connectivity index (χ4n) is 2.14. The van der Waals surface area contributed by atoms with Crippen LogP contribution >= 0.6 is 0 Å². The van der Waals surface area contributed by atoms with Crippen LogP contribution in [0.25, 0.3) is 0 Å². The monoisotopic (exact) mass is 325 g/mol. The van der Waals surface area contributed by atoms with E-state index in [0.717, 1.165) is 6.08 Å². The number of hydrogen-bond donors (Lipinski definition) is 1. The fraction of sp³-hybridized carbons (Fsp3) is 0.308. The molecule has 1 aliphatic rings. The van der Waals surface area contributed by atoms with Gasteiger partial charge in [-0.05, 0) is 13.8 Å². The summed E-state index contributed by atoms with van der Waals surface area (Å²) >= 11 is 0. The number of sulfonamides is 1. The van der Waals surface area contributed by atoms with Crippen LogP contribution in [-0.2, 0) is 10.0 Å². The van der Waals surface area contributed by atoms with Gasteiger partial charge in [0.15, 0.2) is 0 Å². The minimum Gasteiger partial charge on any atom is -0.337 e. The number of nitrogens with zero attached hydrogens (tertiary/aromatic N) is 2. The van der Waals surface area contributed by atoms with Crippen LogP contribution in [-0.4, -0.2) is 23.4 Å². The maximum absolute atomic E-state index is 12.7. The van der Waals surface area contributed by atoms with E-state index < -0.39 is 25.7 Å². The number of hydrogen-bond acceptors (Lipinski definition) is 6. The average molecular weight is 325 g/mol. The molecule has 22 heavy (non-hydrogen) atoms. The molecule has 9 heteroatoms. The van der Waals surface area contributed by atoms with E-state index in [0.29, 0.717) is 11.3 Å². The molecule has 1 aliphatic carbocycles. The first-order valence-corrected chi connectivity index (χ1v) is 7.83. The van der Waals surface area contributed by atoms with Gasteiger partial charge in [-0.3, -0.25) is 10.1 Å². The molecule has 118 valence electrons. The topological polar surface area (TPSA) is 115 Å². The van der Waals surface area contributed by atoms with Gasteiger partial charge in [-0.1, -0.05) is 29.5 Å². The Hall–Kier alpha value is -2.42. The first-order valence-electron chi connectivity index (χ1n) is 6.34. The molecule has 0 saturated carbocycles. The fourth-order valence-corrected chi connectivity index (χ4v) is 3.72. The lowest BCUT2D eigenvalue weighted by Crippen LogP contribution is -2.53. The maximum Gasteiger partial charge on any atom is 0.364 e. The zero-order valence-corrected chi connectivity index (χ0v) is 12.8. The molecule has 1 heterocycles. The van der Waals surface area contributed by atoms with E-state index >= 15 is 0 Å². The quantitative estimate of drug-likeness (QED) is 0.502. The Morgan fingerprint density at radius 1 is 1.50 bits per heavy atom. The van der Waals surface area contributed by atoms with Crippen LogP contribution in [0.15, 0.2) is 41.5 Å². The van der Waals surface area contributed by atoms with Crippen LogP contribution in [0.4, 0.5) is 5.88 Å². The highest BCUT2D eigenvalue weighted by Crippen LogP contribution is 2.36. The van der Waals surface area contributed by atoms with Gasteiger partial charge in [-0.15, -0.1) is 6.58 Å². The van der Waals surface area contributed by atoms with Crippen molar-refractivity contribution < 1.29 is 17.9 Å². The highest BCUT2D eigenvalue weighted by Gasteiger charge is 2.59. The van der Waals surface area contributed by atoms with Gasteiger partial charge >= 0.3 is 14.9 Å². The second-order valence-corrected chi connectivity index (χ2v) is 6.71. The molecule has 1 aromatic heterocycles. The minimum atomic E-state index is -4.46. The highest BCUT2D eigenvalue weighted by molar-refractivity contribution is 7.94. The third-order valence-corrected chi connectivity index (χ3v) is 5.47. The van der Waals surface area contributed by atoms with Gasteiger partial charge in [0.1, 0.15) is 0 Å². The predicted molar refractivity (Wildman–Crippen MR) is 80.2 cm³/mol. The van der Waals surface area contributed by atoms with Crippen LogP contribution < -0.4 is 4.72 Å². The standard InChI is InChI=1S/C13H15N3O5S/c1-4-11-7-5-6-8-13(11,16(17)18)22(19,20)15-12-9(2)10(3)14-21-12/h4-8,11,15H,1H2,2-3H3. The summed E-state index contributed by atoms with van der Waals surface area (Å²) in [5.74, 6) is -1.15. The summed E-state index contributed by atoms with van der Waals surface area (Å²) in [6.07, 6.45) is 6.52. The molecular formula is C13H15N3O5S. The summed E-state index contributed by atoms with van der Waals surface area (Å²) in [5.41, 5.74) is 0.958. The molecule has 0 radical (unpaired) electrons. The molecule has 0 spiro atoms. The number of allylic oxidation sites excluding steroid dienone is 2. The van der Waals surface area contributed by atoms with E-state index in [9.17, 15) is 18.5 Å². The SMILES string of the molecule is C=CC1C=CC=CC1([N+](=O)[O-])S(=O)(=O)Nc1onc(C)c1C. The first kappa shape index (κ1) is 16.0. The summed E-state index contributed by atoms with van der Waals surface area (Å²) in [7, 11) is -4.46. The normalized spacial score (nSPS) is 24.2. The lowest BCUT2D eigenvalue weighted by Gasteiger charge is -2.27. The Bertz CT molecular complexity index is 778. The van der Waals surface area contributed by atoms with Crippen molar-refractivity contribution in [2.75, 3.05) is 4.72 Å². The average Bonchev–Trinajstić information content (AvgIpc) is 2.78. The molecule has 0 amide bonds. The number of nitrogens with one attached hydrogen (secondary N) is 1. The Morgan fingerprint density at radius 3 is 2.68 bits per heavy atom. The summed E-state index contributed by atoms with van der Waals surface area (Å²) in [6.45, 7) is 6.72. The van der Waals surface area contributed by atoms with E-state index in [-0.39, 0.29) is 5.88 Å². The van der Waals surface area contributed by atoms with Crippen LogP contribution in [0, 0.1) is 29.9 Å². The smallest absolute Gasteiger partial charge is 0.337 e. The Morgan fingerprint density at radius 2 is 2.18 bits per heavy atom. The van der Waals surface area contributed by atoms with Gasteiger partial charge < -0.3 is 4.52 Å². The predicted octanol–water partition coefficient (Wildman–Crippen LogP) is 1.93. The molecule has 0 aliphatic heterocycles. The first-order chi connectivity index (χ1) is 10.3. The van der Waals surface area contributed by atoms with E-state index in [1.807, 2.05) is 0 Å². The molecule has 0 aromatic carbocycles. The zero-order chi connectivity index (χ0) is 16.5. The van der Waals surface area contributed by atoms with Crippen molar-refractivity contribution in [1.29, 1.82) is 0 Å². The summed E-state index contributed by atoms with van der Waals surface area (Å²) in [5, 5.41) is 15.2. The third-order valence-electron chi connectivity index (χ3n) is 3.60. The number of aromatic nitrogens is 1. The van der Waals surface area contributed by atoms with Crippen molar-refractivity contribution in [1.82, 2.24) is 5.16 Å². The van der Waals surface area contributed by atoms with Crippen molar-refractivity contribution in [3.05, 3.63) is 58.3 Å². The molecule has 1 aromatic rings. The second-order valence-electron chi connectivity index (χ2n) is 4.84. The van der Waals surface area contributed by atoms with E-state index in [1.54, 1.807) is 13.8 Å². The molecule has 8 nitrogen and oxygen atoms in total. The van der Waals surface area contributed by atoms with Gasteiger partial charge in [0.25, 0.3) is 0 Å². The molecule has 2 unspecified atom stereocenters. The number of anilines is 1. The molecule has 0 saturated heterocycles. The number of rotatable bonds is 5. The summed E-state index contributed by atoms with van der Waals surface area (Å²) in [4.78, 5) is 8.34. The van der Waals surface area contributed by atoms with Crippen molar-refractivity contribution in [2.24, 2.45) is 5.92 Å². The maximum atomic E-state index is 12.7. The highest BCUT2D eigenvalue weighted by atomic mass is 32.2. The van der Waals surface area contributed by atoms with Crippen LogP contribution in [0.1, 0.15) is 11.3 Å². The largest absolute Gasteiger partial charge is 0.364 e. The van der Waals surface area contributed by atoms with Gasteiger partial charge in [0.05, 0.1) is 11.6 Å². The van der Waals surface area contributed by atoms with Crippen molar-refractivity contribution in [2.45, 2.75) is 18.7 Å². The van der Waals surface area contributed by atoms with Crippen molar-refractivity contribution in [3.63, 3.8) is 0 Å². The summed E-state index contributed by atoms with van der Waals surface area (Å²) in [6, 6.07) is 0. The lowest BCUT2D eigenvalue weighted by atomic mass is 9.95. The van der Waals surface area contributed by atoms with Gasteiger partial charge in [0.2, 0.25) is 5.88 Å². The Kier molecular flexibility index (Phi) is 3.92.